The molecule has 0 fully saturated rings. The molecule has 30 heavy (non-hydrogen) atoms. The van der Waals surface area contributed by atoms with E-state index in [4.69, 9.17) is 4.74 Å². The van der Waals surface area contributed by atoms with Crippen LogP contribution in [0.25, 0.3) is 5.69 Å². The van der Waals surface area contributed by atoms with Crippen molar-refractivity contribution in [3.05, 3.63) is 66.4 Å². The number of nitrogens with one attached hydrogen (secondary N) is 3. The predicted octanol–water partition coefficient (Wildman–Crippen LogP) is 2.80. The number of hydrogen-bond acceptors (Lipinski definition) is 8. The van der Waals surface area contributed by atoms with Gasteiger partial charge in [-0.05, 0) is 43.3 Å². The first-order chi connectivity index (χ1) is 14.7. The molecule has 3 N–H and O–H groups in total. The Bertz CT molecular complexity index is 1140. The lowest BCUT2D eigenvalue weighted by Crippen LogP contribution is -2.13. The number of aryl methyl sites for hydroxylation is 1. The van der Waals surface area contributed by atoms with Gasteiger partial charge < -0.3 is 15.4 Å². The first-order valence-corrected chi connectivity index (χ1v) is 9.23. The average Bonchev–Trinajstić information content (AvgIpc) is 3.44. The summed E-state index contributed by atoms with van der Waals surface area (Å²) in [5, 5.41) is 26.7. The van der Waals surface area contributed by atoms with Gasteiger partial charge in [0, 0.05) is 11.8 Å². The summed E-state index contributed by atoms with van der Waals surface area (Å²) < 4.78 is 7.43. The van der Waals surface area contributed by atoms with Crippen molar-refractivity contribution in [2.24, 2.45) is 0 Å². The number of rotatable bonds is 8. The van der Waals surface area contributed by atoms with E-state index in [1.54, 1.807) is 23.1 Å². The SMILES string of the molecule is Cc1cc(Nc2ccc(C#N)c(NCCOc3ccc(-n4cncn4)cc3)n2)n[nH]1. The summed E-state index contributed by atoms with van der Waals surface area (Å²) >= 11 is 0. The second kappa shape index (κ2) is 8.74. The van der Waals surface area contributed by atoms with Crippen LogP contribution in [-0.2, 0) is 0 Å². The van der Waals surface area contributed by atoms with Crippen molar-refractivity contribution in [1.82, 2.24) is 29.9 Å². The number of aromatic nitrogens is 6. The molecule has 4 aromatic rings. The van der Waals surface area contributed by atoms with Crippen molar-refractivity contribution >= 4 is 17.5 Å². The zero-order valence-corrected chi connectivity index (χ0v) is 16.2. The van der Waals surface area contributed by atoms with Gasteiger partial charge in [-0.25, -0.2) is 14.6 Å². The summed E-state index contributed by atoms with van der Waals surface area (Å²) in [6, 6.07) is 15.0. The van der Waals surface area contributed by atoms with Gasteiger partial charge in [-0.15, -0.1) is 0 Å². The highest BCUT2D eigenvalue weighted by Crippen LogP contribution is 2.19. The number of pyridine rings is 1. The molecule has 0 bridgehead atoms. The minimum Gasteiger partial charge on any atom is -0.492 e. The first-order valence-electron chi connectivity index (χ1n) is 9.23. The lowest BCUT2D eigenvalue weighted by molar-refractivity contribution is 0.332. The van der Waals surface area contributed by atoms with Crippen molar-refractivity contribution in [2.45, 2.75) is 6.92 Å². The normalized spacial score (nSPS) is 10.4. The minimum atomic E-state index is 0.408. The van der Waals surface area contributed by atoms with Gasteiger partial charge in [-0.1, -0.05) is 0 Å². The lowest BCUT2D eigenvalue weighted by Gasteiger charge is -2.11. The Hall–Kier alpha value is -4.39. The van der Waals surface area contributed by atoms with Gasteiger partial charge in [0.25, 0.3) is 0 Å². The molecule has 0 unspecified atom stereocenters. The fourth-order valence-corrected chi connectivity index (χ4v) is 2.74. The summed E-state index contributed by atoms with van der Waals surface area (Å²) in [4.78, 5) is 8.39. The second-order valence-corrected chi connectivity index (χ2v) is 6.37. The number of ether oxygens (including phenoxy) is 1. The number of anilines is 3. The Morgan fingerprint density at radius 2 is 2.03 bits per heavy atom. The summed E-state index contributed by atoms with van der Waals surface area (Å²) in [5.41, 5.74) is 2.30. The molecule has 3 heterocycles. The zero-order valence-electron chi connectivity index (χ0n) is 16.2. The lowest BCUT2D eigenvalue weighted by atomic mass is 10.2. The predicted molar refractivity (Wildman–Crippen MR) is 111 cm³/mol. The Kier molecular flexibility index (Phi) is 5.52. The Morgan fingerprint density at radius 1 is 1.17 bits per heavy atom. The topological polar surface area (TPSA) is 129 Å². The van der Waals surface area contributed by atoms with E-state index in [9.17, 15) is 5.26 Å². The van der Waals surface area contributed by atoms with Crippen LogP contribution in [0.4, 0.5) is 17.5 Å². The molecular formula is C20H19N9O. The van der Waals surface area contributed by atoms with Gasteiger partial charge >= 0.3 is 0 Å². The molecule has 0 saturated heterocycles. The standard InChI is InChI=1S/C20H19N9O/c1-14-10-19(28-27-14)25-18-7-2-15(11-21)20(26-18)23-8-9-30-17-5-3-16(4-6-17)29-13-22-12-24-29/h2-7,10,12-13H,8-9H2,1H3,(H3,23,25,26,27,28). The molecule has 10 heteroatoms. The van der Waals surface area contributed by atoms with Crippen molar-refractivity contribution in [3.63, 3.8) is 0 Å². The third-order valence-electron chi connectivity index (χ3n) is 4.16. The van der Waals surface area contributed by atoms with Crippen molar-refractivity contribution in [2.75, 3.05) is 23.8 Å². The van der Waals surface area contributed by atoms with Crippen LogP contribution >= 0.6 is 0 Å². The quantitative estimate of drug-likeness (QED) is 0.384. The van der Waals surface area contributed by atoms with E-state index in [-0.39, 0.29) is 0 Å². The van der Waals surface area contributed by atoms with E-state index in [1.807, 2.05) is 37.3 Å². The average molecular weight is 401 g/mol. The van der Waals surface area contributed by atoms with Crippen LogP contribution in [0.15, 0.2) is 55.1 Å². The molecule has 0 aliphatic rings. The number of benzene rings is 1. The van der Waals surface area contributed by atoms with Crippen molar-refractivity contribution in [3.8, 4) is 17.5 Å². The molecule has 0 spiro atoms. The molecule has 10 nitrogen and oxygen atoms in total. The first kappa shape index (κ1) is 18.9. The van der Waals surface area contributed by atoms with Crippen LogP contribution in [0.1, 0.15) is 11.3 Å². The molecular weight excluding hydrogens is 382 g/mol. The van der Waals surface area contributed by atoms with Gasteiger partial charge in [0.1, 0.15) is 42.7 Å². The maximum absolute atomic E-state index is 9.33. The molecule has 0 amide bonds. The van der Waals surface area contributed by atoms with Crippen LogP contribution in [0.5, 0.6) is 5.75 Å². The molecule has 150 valence electrons. The highest BCUT2D eigenvalue weighted by molar-refractivity contribution is 5.60. The summed E-state index contributed by atoms with van der Waals surface area (Å²) in [7, 11) is 0. The van der Waals surface area contributed by atoms with Crippen LogP contribution in [0.2, 0.25) is 0 Å². The monoisotopic (exact) mass is 401 g/mol. The molecule has 0 aliphatic heterocycles. The highest BCUT2D eigenvalue weighted by Gasteiger charge is 2.07. The maximum Gasteiger partial charge on any atom is 0.153 e. The molecule has 0 saturated carbocycles. The summed E-state index contributed by atoms with van der Waals surface area (Å²) in [6.45, 7) is 2.81. The highest BCUT2D eigenvalue weighted by atomic mass is 16.5. The molecule has 3 aromatic heterocycles. The number of H-pyrrole nitrogens is 1. The molecule has 4 rings (SSSR count). The Morgan fingerprint density at radius 3 is 2.73 bits per heavy atom. The molecule has 0 atom stereocenters. The van der Waals surface area contributed by atoms with Gasteiger partial charge in [-0.2, -0.15) is 15.5 Å². The van der Waals surface area contributed by atoms with Crippen LogP contribution < -0.4 is 15.4 Å². The third kappa shape index (κ3) is 4.53. The van der Waals surface area contributed by atoms with E-state index in [2.05, 4.69) is 42.0 Å². The molecule has 0 radical (unpaired) electrons. The Labute approximate surface area is 172 Å². The van der Waals surface area contributed by atoms with Crippen LogP contribution in [0.3, 0.4) is 0 Å². The van der Waals surface area contributed by atoms with E-state index in [0.717, 1.165) is 17.1 Å². The molecule has 0 aliphatic carbocycles. The number of nitriles is 1. The van der Waals surface area contributed by atoms with Gasteiger partial charge in [0.15, 0.2) is 5.82 Å². The second-order valence-electron chi connectivity index (χ2n) is 6.37. The Balaban J connectivity index is 1.32. The number of aromatic amines is 1. The summed E-state index contributed by atoms with van der Waals surface area (Å²) in [5.74, 6) is 2.47. The summed E-state index contributed by atoms with van der Waals surface area (Å²) in [6.07, 6.45) is 3.12. The largest absolute Gasteiger partial charge is 0.492 e. The van der Waals surface area contributed by atoms with E-state index in [0.29, 0.717) is 36.2 Å². The fourth-order valence-electron chi connectivity index (χ4n) is 2.74. The van der Waals surface area contributed by atoms with Gasteiger partial charge in [0.2, 0.25) is 0 Å². The van der Waals surface area contributed by atoms with Crippen LogP contribution in [-0.4, -0.2) is 43.1 Å². The fraction of sp³-hybridized carbons (Fsp3) is 0.150. The maximum atomic E-state index is 9.33. The van der Waals surface area contributed by atoms with Crippen molar-refractivity contribution in [1.29, 1.82) is 5.26 Å². The third-order valence-corrected chi connectivity index (χ3v) is 4.16. The zero-order chi connectivity index (χ0) is 20.8. The van der Waals surface area contributed by atoms with E-state index >= 15 is 0 Å². The number of nitrogens with zero attached hydrogens (tertiary/aromatic N) is 6. The number of hydrogen-bond donors (Lipinski definition) is 3. The van der Waals surface area contributed by atoms with Crippen LogP contribution in [0, 0.1) is 18.3 Å². The van der Waals surface area contributed by atoms with Gasteiger partial charge in [0.05, 0.1) is 17.8 Å². The molecule has 1 aromatic carbocycles. The smallest absolute Gasteiger partial charge is 0.153 e. The van der Waals surface area contributed by atoms with Gasteiger partial charge in [-0.3, -0.25) is 5.10 Å². The van der Waals surface area contributed by atoms with Crippen molar-refractivity contribution < 1.29 is 4.74 Å². The van der Waals surface area contributed by atoms with E-state index in [1.165, 1.54) is 6.33 Å². The minimum absolute atomic E-state index is 0.408. The van der Waals surface area contributed by atoms with E-state index < -0.39 is 0 Å².